The van der Waals surface area contributed by atoms with Crippen LogP contribution in [-0.4, -0.2) is 11.0 Å². The molecule has 0 aliphatic carbocycles. The molecule has 0 amide bonds. The Balaban J connectivity index is 2.63. The summed E-state index contributed by atoms with van der Waals surface area (Å²) in [5.74, 6) is 2.59. The normalized spacial score (nSPS) is 11.8. The van der Waals surface area contributed by atoms with Gasteiger partial charge in [0.05, 0.1) is 6.04 Å². The molecule has 1 rings (SSSR count). The molecule has 0 saturated carbocycles. The summed E-state index contributed by atoms with van der Waals surface area (Å²) in [5.41, 5.74) is 0. The highest BCUT2D eigenvalue weighted by atomic mass is 19.1. The summed E-state index contributed by atoms with van der Waals surface area (Å²) in [6, 6.07) is 4.53. The number of anilines is 1. The number of hydrogen-bond donors (Lipinski definition) is 1. The summed E-state index contributed by atoms with van der Waals surface area (Å²) in [7, 11) is 0. The van der Waals surface area contributed by atoms with Crippen LogP contribution in [0.1, 0.15) is 19.8 Å². The maximum Gasteiger partial charge on any atom is 0.214 e. The first kappa shape index (κ1) is 10.5. The minimum Gasteiger partial charge on any atom is -0.356 e. The van der Waals surface area contributed by atoms with E-state index in [2.05, 4.69) is 16.2 Å². The minimum absolute atomic E-state index is 0.0747. The van der Waals surface area contributed by atoms with Crippen LogP contribution < -0.4 is 5.32 Å². The molecule has 1 heterocycles. The first-order valence-electron chi connectivity index (χ1n) is 4.61. The predicted molar refractivity (Wildman–Crippen MR) is 55.3 cm³/mol. The van der Waals surface area contributed by atoms with E-state index in [1.807, 2.05) is 6.92 Å². The van der Waals surface area contributed by atoms with Crippen molar-refractivity contribution in [3.05, 3.63) is 24.1 Å². The number of aromatic nitrogens is 1. The van der Waals surface area contributed by atoms with Crippen LogP contribution in [0.3, 0.4) is 0 Å². The lowest BCUT2D eigenvalue weighted by atomic mass is 10.2. The van der Waals surface area contributed by atoms with E-state index in [4.69, 9.17) is 6.42 Å². The molecule has 0 saturated heterocycles. The molecule has 0 bridgehead atoms. The van der Waals surface area contributed by atoms with E-state index in [0.717, 1.165) is 12.8 Å². The molecular formula is C11H13FN2. The number of nitrogens with one attached hydrogen (secondary N) is 1. The van der Waals surface area contributed by atoms with Crippen molar-refractivity contribution >= 4 is 5.82 Å². The summed E-state index contributed by atoms with van der Waals surface area (Å²) < 4.78 is 12.7. The van der Waals surface area contributed by atoms with Gasteiger partial charge in [-0.05, 0) is 18.6 Å². The van der Waals surface area contributed by atoms with Crippen molar-refractivity contribution in [3.8, 4) is 12.3 Å². The van der Waals surface area contributed by atoms with E-state index < -0.39 is 5.95 Å². The molecule has 3 heteroatoms. The Morgan fingerprint density at radius 1 is 1.64 bits per heavy atom. The number of nitrogens with zero attached hydrogens (tertiary/aromatic N) is 1. The second-order valence-corrected chi connectivity index (χ2v) is 3.00. The van der Waals surface area contributed by atoms with Crippen molar-refractivity contribution in [2.75, 3.05) is 5.32 Å². The number of hydrogen-bond acceptors (Lipinski definition) is 2. The molecule has 0 fully saturated rings. The zero-order valence-corrected chi connectivity index (χ0v) is 8.13. The van der Waals surface area contributed by atoms with Crippen LogP contribution in [0, 0.1) is 18.3 Å². The summed E-state index contributed by atoms with van der Waals surface area (Å²) in [5, 5.41) is 2.98. The van der Waals surface area contributed by atoms with Gasteiger partial charge in [0.2, 0.25) is 5.95 Å². The lowest BCUT2D eigenvalue weighted by Crippen LogP contribution is -2.17. The van der Waals surface area contributed by atoms with Crippen LogP contribution in [0.4, 0.5) is 10.2 Å². The van der Waals surface area contributed by atoms with Gasteiger partial charge in [-0.25, -0.2) is 4.98 Å². The Morgan fingerprint density at radius 2 is 2.43 bits per heavy atom. The second kappa shape index (κ2) is 5.23. The molecule has 1 atom stereocenters. The van der Waals surface area contributed by atoms with E-state index in [0.29, 0.717) is 5.82 Å². The van der Waals surface area contributed by atoms with Crippen LogP contribution in [0.2, 0.25) is 0 Å². The van der Waals surface area contributed by atoms with Gasteiger partial charge < -0.3 is 5.32 Å². The van der Waals surface area contributed by atoms with E-state index in [-0.39, 0.29) is 6.04 Å². The molecule has 2 nitrogen and oxygen atoms in total. The van der Waals surface area contributed by atoms with Crippen molar-refractivity contribution in [2.24, 2.45) is 0 Å². The van der Waals surface area contributed by atoms with Gasteiger partial charge in [0.25, 0.3) is 0 Å². The fraction of sp³-hybridized carbons (Fsp3) is 0.364. The first-order chi connectivity index (χ1) is 6.76. The molecule has 1 aromatic heterocycles. The summed E-state index contributed by atoms with van der Waals surface area (Å²) in [6.45, 7) is 2.05. The van der Waals surface area contributed by atoms with Crippen molar-refractivity contribution in [3.63, 3.8) is 0 Å². The SMILES string of the molecule is C#CC(CCC)Nc1cccc(F)n1. The van der Waals surface area contributed by atoms with Gasteiger partial charge in [0, 0.05) is 0 Å². The number of rotatable bonds is 4. The Kier molecular flexibility index (Phi) is 3.93. The predicted octanol–water partition coefficient (Wildman–Crippen LogP) is 2.43. The van der Waals surface area contributed by atoms with Gasteiger partial charge in [-0.3, -0.25) is 0 Å². The molecule has 1 unspecified atom stereocenters. The molecule has 74 valence electrons. The van der Waals surface area contributed by atoms with Gasteiger partial charge in [-0.15, -0.1) is 6.42 Å². The van der Waals surface area contributed by atoms with Crippen molar-refractivity contribution in [1.29, 1.82) is 0 Å². The quantitative estimate of drug-likeness (QED) is 0.585. The second-order valence-electron chi connectivity index (χ2n) is 3.00. The summed E-state index contributed by atoms with van der Waals surface area (Å²) in [4.78, 5) is 3.67. The average Bonchev–Trinajstić information content (AvgIpc) is 2.17. The van der Waals surface area contributed by atoms with Gasteiger partial charge in [-0.1, -0.05) is 25.3 Å². The third kappa shape index (κ3) is 3.06. The van der Waals surface area contributed by atoms with Crippen LogP contribution >= 0.6 is 0 Å². The van der Waals surface area contributed by atoms with E-state index in [1.165, 1.54) is 6.07 Å². The van der Waals surface area contributed by atoms with Crippen LogP contribution in [0.5, 0.6) is 0 Å². The van der Waals surface area contributed by atoms with Crippen LogP contribution in [0.25, 0.3) is 0 Å². The smallest absolute Gasteiger partial charge is 0.214 e. The molecule has 0 aliphatic heterocycles. The molecule has 0 spiro atoms. The maximum absolute atomic E-state index is 12.7. The van der Waals surface area contributed by atoms with Crippen LogP contribution in [0.15, 0.2) is 18.2 Å². The highest BCUT2D eigenvalue weighted by molar-refractivity contribution is 5.37. The Labute approximate surface area is 83.6 Å². The molecular weight excluding hydrogens is 179 g/mol. The largest absolute Gasteiger partial charge is 0.356 e. The summed E-state index contributed by atoms with van der Waals surface area (Å²) >= 11 is 0. The van der Waals surface area contributed by atoms with Crippen molar-refractivity contribution in [2.45, 2.75) is 25.8 Å². The molecule has 0 aromatic carbocycles. The fourth-order valence-electron chi connectivity index (χ4n) is 1.15. The molecule has 14 heavy (non-hydrogen) atoms. The highest BCUT2D eigenvalue weighted by Gasteiger charge is 2.04. The Bertz CT molecular complexity index is 330. The highest BCUT2D eigenvalue weighted by Crippen LogP contribution is 2.07. The molecule has 0 aliphatic rings. The van der Waals surface area contributed by atoms with Crippen LogP contribution in [-0.2, 0) is 0 Å². The van der Waals surface area contributed by atoms with Gasteiger partial charge in [0.1, 0.15) is 5.82 Å². The standard InChI is InChI=1S/C11H13FN2/c1-3-6-9(4-2)13-11-8-5-7-10(12)14-11/h2,5,7-9H,3,6H2,1H3,(H,13,14). The van der Waals surface area contributed by atoms with E-state index in [9.17, 15) is 4.39 Å². The van der Waals surface area contributed by atoms with Gasteiger partial charge in [0.15, 0.2) is 0 Å². The minimum atomic E-state index is -0.498. The fourth-order valence-corrected chi connectivity index (χ4v) is 1.15. The molecule has 0 radical (unpaired) electrons. The molecule has 1 N–H and O–H groups in total. The lowest BCUT2D eigenvalue weighted by molar-refractivity contribution is 0.584. The van der Waals surface area contributed by atoms with Crippen molar-refractivity contribution < 1.29 is 4.39 Å². The van der Waals surface area contributed by atoms with E-state index >= 15 is 0 Å². The van der Waals surface area contributed by atoms with Gasteiger partial charge >= 0.3 is 0 Å². The average molecular weight is 192 g/mol. The lowest BCUT2D eigenvalue weighted by Gasteiger charge is -2.11. The van der Waals surface area contributed by atoms with Gasteiger partial charge in [-0.2, -0.15) is 4.39 Å². The first-order valence-corrected chi connectivity index (χ1v) is 4.61. The van der Waals surface area contributed by atoms with E-state index in [1.54, 1.807) is 12.1 Å². The third-order valence-electron chi connectivity index (χ3n) is 1.82. The third-order valence-corrected chi connectivity index (χ3v) is 1.82. The number of pyridine rings is 1. The Morgan fingerprint density at radius 3 is 3.00 bits per heavy atom. The zero-order chi connectivity index (χ0) is 10.4. The maximum atomic E-state index is 12.7. The number of terminal acetylenes is 1. The van der Waals surface area contributed by atoms with Crippen molar-refractivity contribution in [1.82, 2.24) is 4.98 Å². The summed E-state index contributed by atoms with van der Waals surface area (Å²) in [6.07, 6.45) is 7.15. The zero-order valence-electron chi connectivity index (χ0n) is 8.13. The Hall–Kier alpha value is -1.56. The number of halogens is 1. The monoisotopic (exact) mass is 192 g/mol. The molecule has 1 aromatic rings. The topological polar surface area (TPSA) is 24.9 Å².